The Kier molecular flexibility index (Phi) is 3.35. The maximum absolute atomic E-state index is 6.15. The van der Waals surface area contributed by atoms with E-state index in [1.165, 1.54) is 0 Å². The smallest absolute Gasteiger partial charge is 0.189 e. The Morgan fingerprint density at radius 2 is 1.90 bits per heavy atom. The lowest BCUT2D eigenvalue weighted by molar-refractivity contribution is 0.787. The lowest BCUT2D eigenvalue weighted by atomic mass is 10.1. The lowest BCUT2D eigenvalue weighted by Crippen LogP contribution is -2.04. The number of para-hydroxylation sites is 1. The van der Waals surface area contributed by atoms with Crippen LogP contribution in [0, 0.1) is 13.8 Å². The molecular weight excluding hydrogens is 286 g/mol. The van der Waals surface area contributed by atoms with Crippen molar-refractivity contribution in [1.82, 2.24) is 20.2 Å². The maximum atomic E-state index is 6.15. The highest BCUT2D eigenvalue weighted by Crippen LogP contribution is 2.29. The van der Waals surface area contributed by atoms with Crippen molar-refractivity contribution in [3.63, 3.8) is 0 Å². The van der Waals surface area contributed by atoms with Crippen LogP contribution in [0.5, 0.6) is 0 Å². The van der Waals surface area contributed by atoms with Gasteiger partial charge in [-0.2, -0.15) is 4.68 Å². The number of nitrogens with zero attached hydrogens (tertiary/aromatic N) is 4. The van der Waals surface area contributed by atoms with Crippen molar-refractivity contribution >= 4 is 17.3 Å². The predicted molar refractivity (Wildman–Crippen MR) is 83.5 cm³/mol. The van der Waals surface area contributed by atoms with Crippen molar-refractivity contribution < 1.29 is 0 Å². The number of halogens is 1. The molecule has 21 heavy (non-hydrogen) atoms. The zero-order chi connectivity index (χ0) is 15.0. The van der Waals surface area contributed by atoms with E-state index in [-0.39, 0.29) is 0 Å². The predicted octanol–water partition coefficient (Wildman–Crippen LogP) is 3.18. The summed E-state index contributed by atoms with van der Waals surface area (Å²) in [6.07, 6.45) is 0. The van der Waals surface area contributed by atoms with Crippen LogP contribution in [-0.4, -0.2) is 20.2 Å². The van der Waals surface area contributed by atoms with Gasteiger partial charge in [0.05, 0.1) is 5.69 Å². The number of nitrogens with two attached hydrogens (primary N) is 1. The quantitative estimate of drug-likeness (QED) is 0.738. The second-order valence-electron chi connectivity index (χ2n) is 4.88. The van der Waals surface area contributed by atoms with Crippen molar-refractivity contribution in [2.45, 2.75) is 13.8 Å². The molecule has 3 rings (SSSR count). The van der Waals surface area contributed by atoms with Gasteiger partial charge in [0.15, 0.2) is 5.82 Å². The monoisotopic (exact) mass is 299 g/mol. The standard InChI is InChI=1S/C15H14ClN5/c1-9-6-7-11(16)8-13(9)21-15(18-19-20-21)12-5-3-4-10(2)14(12)17/h3-8H,17H2,1-2H3. The molecule has 0 fully saturated rings. The first kappa shape index (κ1) is 13.6. The van der Waals surface area contributed by atoms with E-state index in [4.69, 9.17) is 17.3 Å². The number of aromatic nitrogens is 4. The van der Waals surface area contributed by atoms with Gasteiger partial charge in [-0.1, -0.05) is 29.8 Å². The van der Waals surface area contributed by atoms with E-state index in [1.54, 1.807) is 4.68 Å². The Labute approximate surface area is 127 Å². The van der Waals surface area contributed by atoms with Gasteiger partial charge < -0.3 is 5.73 Å². The van der Waals surface area contributed by atoms with Crippen LogP contribution in [0.3, 0.4) is 0 Å². The third-order valence-corrected chi connectivity index (χ3v) is 3.67. The van der Waals surface area contributed by atoms with Crippen molar-refractivity contribution in [2.24, 2.45) is 0 Å². The third kappa shape index (κ3) is 2.36. The topological polar surface area (TPSA) is 69.6 Å². The van der Waals surface area contributed by atoms with Gasteiger partial charge in [0, 0.05) is 16.3 Å². The van der Waals surface area contributed by atoms with Crippen LogP contribution in [0.1, 0.15) is 11.1 Å². The van der Waals surface area contributed by atoms with E-state index in [2.05, 4.69) is 15.5 Å². The summed E-state index contributed by atoms with van der Waals surface area (Å²) in [6, 6.07) is 11.4. The maximum Gasteiger partial charge on any atom is 0.189 e. The molecular formula is C15H14ClN5. The molecule has 5 nitrogen and oxygen atoms in total. The first-order chi connectivity index (χ1) is 10.1. The zero-order valence-electron chi connectivity index (χ0n) is 11.7. The molecule has 6 heteroatoms. The van der Waals surface area contributed by atoms with Gasteiger partial charge in [-0.15, -0.1) is 5.10 Å². The summed E-state index contributed by atoms with van der Waals surface area (Å²) in [5.41, 5.74) is 10.5. The Balaban J connectivity index is 2.22. The SMILES string of the molecule is Cc1ccc(Cl)cc1-n1nnnc1-c1cccc(C)c1N. The molecule has 2 N–H and O–H groups in total. The minimum Gasteiger partial charge on any atom is -0.398 e. The Morgan fingerprint density at radius 3 is 2.71 bits per heavy atom. The molecule has 0 aliphatic rings. The normalized spacial score (nSPS) is 10.8. The van der Waals surface area contributed by atoms with E-state index in [0.29, 0.717) is 16.5 Å². The number of rotatable bonds is 2. The average molecular weight is 300 g/mol. The molecule has 0 aliphatic carbocycles. The first-order valence-corrected chi connectivity index (χ1v) is 6.86. The van der Waals surface area contributed by atoms with E-state index in [9.17, 15) is 0 Å². The highest BCUT2D eigenvalue weighted by atomic mass is 35.5. The molecule has 0 radical (unpaired) electrons. The van der Waals surface area contributed by atoms with E-state index in [0.717, 1.165) is 22.4 Å². The number of nitrogen functional groups attached to an aromatic ring is 1. The van der Waals surface area contributed by atoms with Crippen LogP contribution in [0.2, 0.25) is 5.02 Å². The van der Waals surface area contributed by atoms with Crippen LogP contribution in [0.15, 0.2) is 36.4 Å². The summed E-state index contributed by atoms with van der Waals surface area (Å²) >= 11 is 6.08. The number of hydrogen-bond acceptors (Lipinski definition) is 4. The molecule has 1 heterocycles. The Morgan fingerprint density at radius 1 is 1.10 bits per heavy atom. The second-order valence-corrected chi connectivity index (χ2v) is 5.32. The summed E-state index contributed by atoms with van der Waals surface area (Å²) in [4.78, 5) is 0. The first-order valence-electron chi connectivity index (χ1n) is 6.48. The van der Waals surface area contributed by atoms with Gasteiger partial charge in [-0.25, -0.2) is 0 Å². The summed E-state index contributed by atoms with van der Waals surface area (Å²) < 4.78 is 1.66. The van der Waals surface area contributed by atoms with Gasteiger partial charge >= 0.3 is 0 Å². The number of benzene rings is 2. The largest absolute Gasteiger partial charge is 0.398 e. The Bertz CT molecular complexity index is 793. The van der Waals surface area contributed by atoms with Crippen LogP contribution in [0.25, 0.3) is 17.1 Å². The number of anilines is 1. The van der Waals surface area contributed by atoms with Crippen molar-refractivity contribution in [3.05, 3.63) is 52.5 Å². The van der Waals surface area contributed by atoms with Crippen LogP contribution in [0.4, 0.5) is 5.69 Å². The van der Waals surface area contributed by atoms with Gasteiger partial charge in [0.1, 0.15) is 0 Å². The fraction of sp³-hybridized carbons (Fsp3) is 0.133. The molecule has 2 aromatic carbocycles. The van der Waals surface area contributed by atoms with E-state index < -0.39 is 0 Å². The molecule has 3 aromatic rings. The number of aryl methyl sites for hydroxylation is 2. The number of tetrazole rings is 1. The molecule has 0 atom stereocenters. The molecule has 0 saturated heterocycles. The van der Waals surface area contributed by atoms with Gasteiger partial charge in [0.2, 0.25) is 0 Å². The summed E-state index contributed by atoms with van der Waals surface area (Å²) in [5, 5.41) is 12.6. The number of hydrogen-bond donors (Lipinski definition) is 1. The molecule has 1 aromatic heterocycles. The molecule has 0 aliphatic heterocycles. The second kappa shape index (κ2) is 5.18. The molecule has 0 unspecified atom stereocenters. The summed E-state index contributed by atoms with van der Waals surface area (Å²) in [6.45, 7) is 3.94. The highest BCUT2D eigenvalue weighted by Gasteiger charge is 2.15. The molecule has 106 valence electrons. The van der Waals surface area contributed by atoms with Crippen LogP contribution < -0.4 is 5.73 Å². The lowest BCUT2D eigenvalue weighted by Gasteiger charge is -2.10. The highest BCUT2D eigenvalue weighted by molar-refractivity contribution is 6.30. The molecule has 0 amide bonds. The average Bonchev–Trinajstić information content (AvgIpc) is 2.93. The molecule has 0 spiro atoms. The van der Waals surface area contributed by atoms with Crippen LogP contribution >= 0.6 is 11.6 Å². The van der Waals surface area contributed by atoms with Crippen molar-refractivity contribution in [3.8, 4) is 17.1 Å². The molecule has 0 bridgehead atoms. The van der Waals surface area contributed by atoms with Crippen LogP contribution in [-0.2, 0) is 0 Å². The van der Waals surface area contributed by atoms with Gasteiger partial charge in [-0.3, -0.25) is 0 Å². The fourth-order valence-electron chi connectivity index (χ4n) is 2.20. The fourth-order valence-corrected chi connectivity index (χ4v) is 2.37. The third-order valence-electron chi connectivity index (χ3n) is 3.43. The van der Waals surface area contributed by atoms with Gasteiger partial charge in [0.25, 0.3) is 0 Å². The summed E-state index contributed by atoms with van der Waals surface area (Å²) in [5.74, 6) is 0.599. The Hall–Kier alpha value is -2.40. The van der Waals surface area contributed by atoms with E-state index >= 15 is 0 Å². The van der Waals surface area contributed by atoms with Crippen molar-refractivity contribution in [2.75, 3.05) is 5.73 Å². The van der Waals surface area contributed by atoms with E-state index in [1.807, 2.05) is 50.2 Å². The zero-order valence-corrected chi connectivity index (χ0v) is 12.5. The molecule has 0 saturated carbocycles. The summed E-state index contributed by atoms with van der Waals surface area (Å²) in [7, 11) is 0. The van der Waals surface area contributed by atoms with Gasteiger partial charge in [-0.05, 0) is 53.6 Å². The minimum atomic E-state index is 0.599. The minimum absolute atomic E-state index is 0.599. The van der Waals surface area contributed by atoms with Crippen molar-refractivity contribution in [1.29, 1.82) is 0 Å².